The molecular formula is C16H21FN2O3. The lowest BCUT2D eigenvalue weighted by atomic mass is 10.1. The topological polar surface area (TPSA) is 49.9 Å². The first kappa shape index (κ1) is 16.4. The van der Waals surface area contributed by atoms with Gasteiger partial charge in [-0.1, -0.05) is 12.1 Å². The van der Waals surface area contributed by atoms with E-state index in [4.69, 9.17) is 4.74 Å². The van der Waals surface area contributed by atoms with E-state index in [9.17, 15) is 14.0 Å². The molecule has 0 bridgehead atoms. The van der Waals surface area contributed by atoms with Crippen LogP contribution in [0.25, 0.3) is 0 Å². The first-order valence-corrected chi connectivity index (χ1v) is 7.39. The van der Waals surface area contributed by atoms with Gasteiger partial charge < -0.3 is 14.5 Å². The number of rotatable bonds is 5. The van der Waals surface area contributed by atoms with E-state index < -0.39 is 0 Å². The van der Waals surface area contributed by atoms with E-state index in [2.05, 4.69) is 0 Å². The van der Waals surface area contributed by atoms with E-state index >= 15 is 0 Å². The maximum Gasteiger partial charge on any atom is 0.242 e. The van der Waals surface area contributed by atoms with Gasteiger partial charge in [-0.2, -0.15) is 0 Å². The fourth-order valence-corrected chi connectivity index (χ4v) is 2.46. The van der Waals surface area contributed by atoms with Crippen molar-refractivity contribution in [1.29, 1.82) is 0 Å². The highest BCUT2D eigenvalue weighted by Crippen LogP contribution is 2.09. The maximum absolute atomic E-state index is 12.9. The van der Waals surface area contributed by atoms with Crippen molar-refractivity contribution in [3.63, 3.8) is 0 Å². The third kappa shape index (κ3) is 4.53. The number of methoxy groups -OCH3 is 1. The Labute approximate surface area is 129 Å². The molecule has 0 aromatic heterocycles. The van der Waals surface area contributed by atoms with Crippen LogP contribution in [0.5, 0.6) is 0 Å². The Kier molecular flexibility index (Phi) is 5.89. The third-order valence-electron chi connectivity index (χ3n) is 3.72. The number of halogens is 1. The summed E-state index contributed by atoms with van der Waals surface area (Å²) in [7, 11) is 1.60. The highest BCUT2D eigenvalue weighted by molar-refractivity contribution is 5.86. The van der Waals surface area contributed by atoms with Crippen LogP contribution in [0.4, 0.5) is 4.39 Å². The molecule has 22 heavy (non-hydrogen) atoms. The van der Waals surface area contributed by atoms with Crippen molar-refractivity contribution in [3.05, 3.63) is 35.6 Å². The SMILES string of the molecule is COCCN1CCCN(C(=O)Cc2ccc(F)cc2)CC1=O. The van der Waals surface area contributed by atoms with Crippen LogP contribution in [0.3, 0.4) is 0 Å². The minimum atomic E-state index is -0.324. The number of nitrogens with zero attached hydrogens (tertiary/aromatic N) is 2. The van der Waals surface area contributed by atoms with Gasteiger partial charge in [0.15, 0.2) is 0 Å². The van der Waals surface area contributed by atoms with Crippen molar-refractivity contribution in [2.75, 3.05) is 39.9 Å². The van der Waals surface area contributed by atoms with Crippen molar-refractivity contribution in [2.24, 2.45) is 0 Å². The van der Waals surface area contributed by atoms with E-state index in [0.717, 1.165) is 12.0 Å². The normalized spacial score (nSPS) is 15.8. The monoisotopic (exact) mass is 308 g/mol. The second-order valence-electron chi connectivity index (χ2n) is 5.35. The molecule has 120 valence electrons. The quantitative estimate of drug-likeness (QED) is 0.818. The second-order valence-corrected chi connectivity index (χ2v) is 5.35. The predicted molar refractivity (Wildman–Crippen MR) is 79.8 cm³/mol. The number of hydrogen-bond acceptors (Lipinski definition) is 3. The molecule has 1 aliphatic heterocycles. The third-order valence-corrected chi connectivity index (χ3v) is 3.72. The van der Waals surface area contributed by atoms with Gasteiger partial charge in [-0.05, 0) is 24.1 Å². The Bertz CT molecular complexity index is 519. The summed E-state index contributed by atoms with van der Waals surface area (Å²) in [6.45, 7) is 2.35. The zero-order chi connectivity index (χ0) is 15.9. The number of carbonyl (C=O) groups is 2. The molecule has 1 fully saturated rings. The van der Waals surface area contributed by atoms with Crippen molar-refractivity contribution in [3.8, 4) is 0 Å². The Hall–Kier alpha value is -1.95. The lowest BCUT2D eigenvalue weighted by molar-refractivity contribution is -0.138. The lowest BCUT2D eigenvalue weighted by Gasteiger charge is -2.21. The van der Waals surface area contributed by atoms with Gasteiger partial charge in [0, 0.05) is 26.7 Å². The molecule has 0 saturated carbocycles. The number of benzene rings is 1. The predicted octanol–water partition coefficient (Wildman–Crippen LogP) is 1.08. The van der Waals surface area contributed by atoms with Gasteiger partial charge in [0.25, 0.3) is 0 Å². The van der Waals surface area contributed by atoms with Gasteiger partial charge in [0.2, 0.25) is 11.8 Å². The zero-order valence-electron chi connectivity index (χ0n) is 12.8. The fraction of sp³-hybridized carbons (Fsp3) is 0.500. The molecule has 2 amide bonds. The van der Waals surface area contributed by atoms with E-state index in [1.54, 1.807) is 29.0 Å². The lowest BCUT2D eigenvalue weighted by Crippen LogP contribution is -2.41. The Balaban J connectivity index is 1.92. The van der Waals surface area contributed by atoms with E-state index in [1.165, 1.54) is 12.1 Å². The van der Waals surface area contributed by atoms with E-state index in [1.807, 2.05) is 0 Å². The molecule has 0 radical (unpaired) electrons. The standard InChI is InChI=1S/C16H21FN2O3/c1-22-10-9-18-7-2-8-19(12-16(18)21)15(20)11-13-3-5-14(17)6-4-13/h3-6H,2,7-12H2,1H3. The molecular weight excluding hydrogens is 287 g/mol. The summed E-state index contributed by atoms with van der Waals surface area (Å²) in [4.78, 5) is 27.8. The smallest absolute Gasteiger partial charge is 0.242 e. The van der Waals surface area contributed by atoms with E-state index in [0.29, 0.717) is 26.2 Å². The molecule has 0 unspecified atom stereocenters. The molecule has 0 atom stereocenters. The van der Waals surface area contributed by atoms with Crippen molar-refractivity contribution < 1.29 is 18.7 Å². The fourth-order valence-electron chi connectivity index (χ4n) is 2.46. The average Bonchev–Trinajstić information content (AvgIpc) is 2.69. The molecule has 1 aliphatic rings. The number of carbonyl (C=O) groups excluding carboxylic acids is 2. The molecule has 6 heteroatoms. The van der Waals surface area contributed by atoms with Crippen LogP contribution >= 0.6 is 0 Å². The van der Waals surface area contributed by atoms with Gasteiger partial charge in [-0.3, -0.25) is 9.59 Å². The Morgan fingerprint density at radius 1 is 1.27 bits per heavy atom. The first-order chi connectivity index (χ1) is 10.6. The molecule has 0 spiro atoms. The molecule has 0 aliphatic carbocycles. The summed E-state index contributed by atoms with van der Waals surface area (Å²) in [6.07, 6.45) is 0.941. The molecule has 5 nitrogen and oxygen atoms in total. The Morgan fingerprint density at radius 2 is 2.00 bits per heavy atom. The van der Waals surface area contributed by atoms with Crippen molar-refractivity contribution in [2.45, 2.75) is 12.8 Å². The molecule has 1 heterocycles. The van der Waals surface area contributed by atoms with Crippen molar-refractivity contribution in [1.82, 2.24) is 9.80 Å². The van der Waals surface area contributed by atoms with Gasteiger partial charge in [-0.15, -0.1) is 0 Å². The summed E-state index contributed by atoms with van der Waals surface area (Å²) in [5.74, 6) is -0.481. The molecule has 1 aromatic rings. The minimum absolute atomic E-state index is 0.0537. The first-order valence-electron chi connectivity index (χ1n) is 7.39. The van der Waals surface area contributed by atoms with Crippen LogP contribution in [0.2, 0.25) is 0 Å². The molecule has 1 aromatic carbocycles. The Morgan fingerprint density at radius 3 is 2.68 bits per heavy atom. The summed E-state index contributed by atoms with van der Waals surface area (Å²) in [5.41, 5.74) is 0.749. The second kappa shape index (κ2) is 7.89. The number of amides is 2. The van der Waals surface area contributed by atoms with Crippen molar-refractivity contribution >= 4 is 11.8 Å². The molecule has 0 N–H and O–H groups in total. The number of hydrogen-bond donors (Lipinski definition) is 0. The molecule has 2 rings (SSSR count). The molecule has 1 saturated heterocycles. The summed E-state index contributed by atoms with van der Waals surface area (Å²) in [5, 5.41) is 0. The summed E-state index contributed by atoms with van der Waals surface area (Å²) < 4.78 is 17.9. The van der Waals surface area contributed by atoms with Gasteiger partial charge >= 0.3 is 0 Å². The highest BCUT2D eigenvalue weighted by Gasteiger charge is 2.24. The summed E-state index contributed by atoms with van der Waals surface area (Å²) >= 11 is 0. The van der Waals surface area contributed by atoms with Gasteiger partial charge in [-0.25, -0.2) is 4.39 Å². The zero-order valence-corrected chi connectivity index (χ0v) is 12.8. The van der Waals surface area contributed by atoms with Crippen LogP contribution in [0.15, 0.2) is 24.3 Å². The van der Waals surface area contributed by atoms with Gasteiger partial charge in [0.1, 0.15) is 5.82 Å². The maximum atomic E-state index is 12.9. The van der Waals surface area contributed by atoms with Crippen LogP contribution in [0.1, 0.15) is 12.0 Å². The van der Waals surface area contributed by atoms with E-state index in [-0.39, 0.29) is 30.6 Å². The van der Waals surface area contributed by atoms with Crippen LogP contribution in [-0.4, -0.2) is 61.5 Å². The van der Waals surface area contributed by atoms with Crippen LogP contribution in [-0.2, 0) is 20.7 Å². The largest absolute Gasteiger partial charge is 0.383 e. The average molecular weight is 308 g/mol. The van der Waals surface area contributed by atoms with Crippen LogP contribution in [0, 0.1) is 5.82 Å². The summed E-state index contributed by atoms with van der Waals surface area (Å²) in [6, 6.07) is 5.86. The van der Waals surface area contributed by atoms with Crippen LogP contribution < -0.4 is 0 Å². The highest BCUT2D eigenvalue weighted by atomic mass is 19.1. The minimum Gasteiger partial charge on any atom is -0.383 e. The van der Waals surface area contributed by atoms with Gasteiger partial charge in [0.05, 0.1) is 19.6 Å². The number of ether oxygens (including phenoxy) is 1.